The predicted octanol–water partition coefficient (Wildman–Crippen LogP) is 2.89. The number of amides is 1. The molecule has 1 aromatic heterocycles. The maximum absolute atomic E-state index is 13.8. The molecule has 2 heterocycles. The molecule has 0 unspecified atom stereocenters. The van der Waals surface area contributed by atoms with Crippen LogP contribution in [0.5, 0.6) is 0 Å². The highest BCUT2D eigenvalue weighted by molar-refractivity contribution is 7.14. The molecule has 120 valence electrons. The summed E-state index contributed by atoms with van der Waals surface area (Å²) in [5.41, 5.74) is 0.639. The molecule has 1 atom stereocenters. The average Bonchev–Trinajstić information content (AvgIpc) is 3.15. The highest BCUT2D eigenvalue weighted by Gasteiger charge is 2.34. The van der Waals surface area contributed by atoms with E-state index in [1.165, 1.54) is 22.3 Å². The van der Waals surface area contributed by atoms with Crippen LogP contribution in [-0.2, 0) is 9.63 Å². The van der Waals surface area contributed by atoms with Crippen molar-refractivity contribution in [2.45, 2.75) is 19.4 Å². The van der Waals surface area contributed by atoms with Gasteiger partial charge in [-0.25, -0.2) is 13.8 Å². The van der Waals surface area contributed by atoms with Gasteiger partial charge in [-0.3, -0.25) is 9.69 Å². The largest absolute Gasteiger partial charge is 0.382 e. The molecule has 0 bridgehead atoms. The van der Waals surface area contributed by atoms with Gasteiger partial charge < -0.3 is 4.84 Å². The van der Waals surface area contributed by atoms with Gasteiger partial charge in [-0.05, 0) is 19.1 Å². The molecule has 1 aromatic carbocycles. The zero-order valence-corrected chi connectivity index (χ0v) is 13.2. The molecule has 0 saturated carbocycles. The number of thiazole rings is 1. The molecule has 3 rings (SSSR count). The Hall–Kier alpha value is -2.35. The summed E-state index contributed by atoms with van der Waals surface area (Å²) in [6.07, 6.45) is -0.913. The van der Waals surface area contributed by atoms with Crippen LogP contribution in [0.2, 0.25) is 0 Å². The molecular weight excluding hydrogens is 324 g/mol. The Kier molecular flexibility index (Phi) is 4.08. The van der Waals surface area contributed by atoms with E-state index in [-0.39, 0.29) is 23.6 Å². The number of benzene rings is 1. The smallest absolute Gasteiger partial charge is 0.272 e. The van der Waals surface area contributed by atoms with Crippen molar-refractivity contribution in [1.29, 1.82) is 0 Å². The Balaban J connectivity index is 1.75. The van der Waals surface area contributed by atoms with E-state index in [1.54, 1.807) is 7.05 Å². The molecule has 0 radical (unpaired) electrons. The van der Waals surface area contributed by atoms with Gasteiger partial charge in [0.25, 0.3) is 5.91 Å². The number of aryl methyl sites for hydroxylation is 1. The number of carbonyl (C=O) groups excluding carboxylic acids is 1. The summed E-state index contributed by atoms with van der Waals surface area (Å²) >= 11 is 1.33. The SMILES string of the molecule is Cc1csc(N(C)C(=O)[C@@H]2CC(c3c(F)cccc3F)=NO2)n1. The topological polar surface area (TPSA) is 54.8 Å². The fraction of sp³-hybridized carbons (Fsp3) is 0.267. The summed E-state index contributed by atoms with van der Waals surface area (Å²) < 4.78 is 27.6. The van der Waals surface area contributed by atoms with Crippen LogP contribution in [-0.4, -0.2) is 29.8 Å². The lowest BCUT2D eigenvalue weighted by molar-refractivity contribution is -0.128. The van der Waals surface area contributed by atoms with Crippen LogP contribution in [0.3, 0.4) is 0 Å². The number of oxime groups is 1. The van der Waals surface area contributed by atoms with Gasteiger partial charge in [0.15, 0.2) is 5.13 Å². The molecule has 2 aromatic rings. The van der Waals surface area contributed by atoms with E-state index in [1.807, 2.05) is 12.3 Å². The summed E-state index contributed by atoms with van der Waals surface area (Å²) in [6, 6.07) is 3.55. The Bertz CT molecular complexity index is 771. The Labute approximate surface area is 135 Å². The lowest BCUT2D eigenvalue weighted by atomic mass is 10.0. The lowest BCUT2D eigenvalue weighted by Gasteiger charge is -2.16. The number of hydrogen-bond donors (Lipinski definition) is 0. The molecule has 1 aliphatic heterocycles. The van der Waals surface area contributed by atoms with Crippen molar-refractivity contribution in [3.05, 3.63) is 46.5 Å². The minimum absolute atomic E-state index is 0.00534. The van der Waals surface area contributed by atoms with E-state index in [4.69, 9.17) is 4.84 Å². The van der Waals surface area contributed by atoms with Crippen molar-refractivity contribution in [3.8, 4) is 0 Å². The molecule has 0 N–H and O–H groups in total. The number of carbonyl (C=O) groups is 1. The van der Waals surface area contributed by atoms with Gasteiger partial charge in [0, 0.05) is 18.8 Å². The third-order valence-electron chi connectivity index (χ3n) is 3.42. The quantitative estimate of drug-likeness (QED) is 0.865. The van der Waals surface area contributed by atoms with Crippen LogP contribution in [0.4, 0.5) is 13.9 Å². The molecule has 0 aliphatic carbocycles. The Morgan fingerprint density at radius 1 is 1.39 bits per heavy atom. The summed E-state index contributed by atoms with van der Waals surface area (Å²) in [6.45, 7) is 1.83. The van der Waals surface area contributed by atoms with Crippen molar-refractivity contribution >= 4 is 28.1 Å². The molecule has 0 saturated heterocycles. The van der Waals surface area contributed by atoms with Crippen molar-refractivity contribution < 1.29 is 18.4 Å². The van der Waals surface area contributed by atoms with Gasteiger partial charge in [-0.1, -0.05) is 11.2 Å². The highest BCUT2D eigenvalue weighted by Crippen LogP contribution is 2.25. The average molecular weight is 337 g/mol. The summed E-state index contributed by atoms with van der Waals surface area (Å²) in [4.78, 5) is 23.1. The van der Waals surface area contributed by atoms with E-state index in [2.05, 4.69) is 10.1 Å². The number of anilines is 1. The van der Waals surface area contributed by atoms with Gasteiger partial charge >= 0.3 is 0 Å². The number of hydrogen-bond acceptors (Lipinski definition) is 5. The van der Waals surface area contributed by atoms with E-state index in [9.17, 15) is 13.6 Å². The molecule has 1 aliphatic rings. The lowest BCUT2D eigenvalue weighted by Crippen LogP contribution is -2.36. The first kappa shape index (κ1) is 15.5. The van der Waals surface area contributed by atoms with Crippen molar-refractivity contribution in [1.82, 2.24) is 4.98 Å². The first-order valence-electron chi connectivity index (χ1n) is 6.84. The van der Waals surface area contributed by atoms with Gasteiger partial charge in [-0.15, -0.1) is 11.3 Å². The second-order valence-electron chi connectivity index (χ2n) is 5.10. The maximum atomic E-state index is 13.8. The minimum Gasteiger partial charge on any atom is -0.382 e. The first-order valence-corrected chi connectivity index (χ1v) is 7.72. The van der Waals surface area contributed by atoms with E-state index < -0.39 is 17.7 Å². The standard InChI is InChI=1S/C15H13F2N3O2S/c1-8-7-23-15(18-8)20(2)14(21)12-6-11(19-22-12)13-9(16)4-3-5-10(13)17/h3-5,7,12H,6H2,1-2H3/t12-/m0/s1. The summed E-state index contributed by atoms with van der Waals surface area (Å²) in [5.74, 6) is -1.83. The fourth-order valence-corrected chi connectivity index (χ4v) is 3.01. The Morgan fingerprint density at radius 2 is 2.09 bits per heavy atom. The summed E-state index contributed by atoms with van der Waals surface area (Å²) in [7, 11) is 1.58. The fourth-order valence-electron chi connectivity index (χ4n) is 2.24. The second kappa shape index (κ2) is 6.04. The molecule has 23 heavy (non-hydrogen) atoms. The van der Waals surface area contributed by atoms with Gasteiger partial charge in [-0.2, -0.15) is 0 Å². The third kappa shape index (κ3) is 2.94. The molecule has 0 spiro atoms. The van der Waals surface area contributed by atoms with Crippen LogP contribution in [0.1, 0.15) is 17.7 Å². The number of aromatic nitrogens is 1. The van der Waals surface area contributed by atoms with Gasteiger partial charge in [0.1, 0.15) is 11.6 Å². The van der Waals surface area contributed by atoms with Crippen LogP contribution < -0.4 is 4.90 Å². The third-order valence-corrected chi connectivity index (χ3v) is 4.45. The predicted molar refractivity (Wildman–Crippen MR) is 82.6 cm³/mol. The van der Waals surface area contributed by atoms with E-state index in [0.717, 1.165) is 17.8 Å². The highest BCUT2D eigenvalue weighted by atomic mass is 32.1. The van der Waals surface area contributed by atoms with Crippen molar-refractivity contribution in [2.24, 2.45) is 5.16 Å². The zero-order valence-electron chi connectivity index (χ0n) is 12.4. The van der Waals surface area contributed by atoms with Crippen LogP contribution in [0.15, 0.2) is 28.7 Å². The van der Waals surface area contributed by atoms with Crippen LogP contribution >= 0.6 is 11.3 Å². The minimum atomic E-state index is -0.918. The van der Waals surface area contributed by atoms with Gasteiger partial charge in [0.05, 0.1) is 17.0 Å². The van der Waals surface area contributed by atoms with Crippen molar-refractivity contribution in [3.63, 3.8) is 0 Å². The zero-order chi connectivity index (χ0) is 16.6. The maximum Gasteiger partial charge on any atom is 0.272 e. The number of halogens is 2. The number of nitrogens with zero attached hydrogens (tertiary/aromatic N) is 3. The molecule has 1 amide bonds. The second-order valence-corrected chi connectivity index (χ2v) is 5.94. The molecule has 8 heteroatoms. The summed E-state index contributed by atoms with van der Waals surface area (Å²) in [5, 5.41) is 6.04. The normalized spacial score (nSPS) is 16.9. The monoisotopic (exact) mass is 337 g/mol. The van der Waals surface area contributed by atoms with E-state index in [0.29, 0.717) is 5.13 Å². The molecule has 5 nitrogen and oxygen atoms in total. The molecular formula is C15H13F2N3O2S. The number of likely N-dealkylation sites (N-methyl/N-ethyl adjacent to an activating group) is 1. The Morgan fingerprint density at radius 3 is 2.70 bits per heavy atom. The van der Waals surface area contributed by atoms with Gasteiger partial charge in [0.2, 0.25) is 6.10 Å². The number of rotatable bonds is 3. The van der Waals surface area contributed by atoms with Crippen LogP contribution in [0.25, 0.3) is 0 Å². The van der Waals surface area contributed by atoms with E-state index >= 15 is 0 Å². The van der Waals surface area contributed by atoms with Crippen LogP contribution in [0, 0.1) is 18.6 Å². The first-order chi connectivity index (χ1) is 11.0. The molecule has 0 fully saturated rings. The van der Waals surface area contributed by atoms with Crippen molar-refractivity contribution in [2.75, 3.05) is 11.9 Å².